The van der Waals surface area contributed by atoms with E-state index < -0.39 is 0 Å². The third-order valence-electron chi connectivity index (χ3n) is 9.56. The van der Waals surface area contributed by atoms with Crippen molar-refractivity contribution < 1.29 is 19.1 Å². The molecule has 0 aromatic heterocycles. The topological polar surface area (TPSA) is 52.6 Å². The van der Waals surface area contributed by atoms with Crippen molar-refractivity contribution in [2.45, 2.75) is 244 Å². The Kier molecular flexibility index (Phi) is 37.5. The molecular formula is C42H82O4S. The van der Waals surface area contributed by atoms with Gasteiger partial charge < -0.3 is 9.47 Å². The predicted molar refractivity (Wildman–Crippen MR) is 208 cm³/mol. The first-order valence-electron chi connectivity index (χ1n) is 21.0. The van der Waals surface area contributed by atoms with Gasteiger partial charge in [-0.05, 0) is 26.7 Å². The fourth-order valence-electron chi connectivity index (χ4n) is 6.30. The van der Waals surface area contributed by atoms with Crippen LogP contribution in [0.25, 0.3) is 0 Å². The second-order valence-corrected chi connectivity index (χ2v) is 16.0. The molecule has 0 aromatic carbocycles. The maximum Gasteiger partial charge on any atom is 0.318 e. The highest BCUT2D eigenvalue weighted by Crippen LogP contribution is 2.21. The van der Waals surface area contributed by atoms with Crippen LogP contribution in [0.1, 0.15) is 233 Å². The lowest BCUT2D eigenvalue weighted by molar-refractivity contribution is -0.142. The molecule has 5 heteroatoms. The first-order chi connectivity index (χ1) is 23.0. The molecule has 0 rings (SSSR count). The van der Waals surface area contributed by atoms with Gasteiger partial charge in [-0.25, -0.2) is 0 Å². The zero-order valence-corrected chi connectivity index (χ0v) is 33.1. The quantitative estimate of drug-likeness (QED) is 0.0479. The number of unbranched alkanes of at least 4 members (excludes halogenated alkanes) is 30. The predicted octanol–water partition coefficient (Wildman–Crippen LogP) is 14.1. The molecule has 0 saturated heterocycles. The monoisotopic (exact) mass is 683 g/mol. The van der Waals surface area contributed by atoms with Gasteiger partial charge in [0.1, 0.15) is 10.5 Å². The Morgan fingerprint density at radius 3 is 0.766 bits per heavy atom. The molecular weight excluding hydrogens is 601 g/mol. The lowest BCUT2D eigenvalue weighted by atomic mass is 10.0. The molecule has 0 aliphatic heterocycles. The van der Waals surface area contributed by atoms with E-state index in [-0.39, 0.29) is 22.4 Å². The Balaban J connectivity index is 3.49. The lowest BCUT2D eigenvalue weighted by Gasteiger charge is -2.16. The van der Waals surface area contributed by atoms with Crippen molar-refractivity contribution in [3.63, 3.8) is 0 Å². The van der Waals surface area contributed by atoms with Crippen molar-refractivity contribution in [2.24, 2.45) is 0 Å². The number of carbonyl (C=O) groups is 2. The molecule has 0 aromatic rings. The summed E-state index contributed by atoms with van der Waals surface area (Å²) in [7, 11) is 0. The smallest absolute Gasteiger partial charge is 0.318 e. The highest BCUT2D eigenvalue weighted by molar-refractivity contribution is 8.01. The summed E-state index contributed by atoms with van der Waals surface area (Å²) in [5.41, 5.74) is 0. The molecule has 0 fully saturated rings. The van der Waals surface area contributed by atoms with E-state index in [1.54, 1.807) is 0 Å². The maximum atomic E-state index is 12.4. The van der Waals surface area contributed by atoms with Gasteiger partial charge in [0.2, 0.25) is 0 Å². The van der Waals surface area contributed by atoms with E-state index in [9.17, 15) is 9.59 Å². The molecule has 0 amide bonds. The Labute approximate surface area is 298 Å². The van der Waals surface area contributed by atoms with E-state index >= 15 is 0 Å². The average Bonchev–Trinajstić information content (AvgIpc) is 3.07. The van der Waals surface area contributed by atoms with Gasteiger partial charge in [-0.2, -0.15) is 0 Å². The third-order valence-corrected chi connectivity index (χ3v) is 10.8. The third kappa shape index (κ3) is 34.9. The van der Waals surface area contributed by atoms with Gasteiger partial charge in [0.15, 0.2) is 0 Å². The summed E-state index contributed by atoms with van der Waals surface area (Å²) >= 11 is 1.35. The Morgan fingerprint density at radius 1 is 0.362 bits per heavy atom. The molecule has 2 unspecified atom stereocenters. The van der Waals surface area contributed by atoms with Crippen LogP contribution in [0.3, 0.4) is 0 Å². The van der Waals surface area contributed by atoms with Crippen molar-refractivity contribution >= 4 is 23.7 Å². The molecule has 2 atom stereocenters. The zero-order chi connectivity index (χ0) is 34.5. The molecule has 280 valence electrons. The van der Waals surface area contributed by atoms with Crippen LogP contribution in [-0.2, 0) is 19.1 Å². The second-order valence-electron chi connectivity index (χ2n) is 14.4. The van der Waals surface area contributed by atoms with Crippen LogP contribution in [0, 0.1) is 0 Å². The summed E-state index contributed by atoms with van der Waals surface area (Å²) < 4.78 is 11.0. The van der Waals surface area contributed by atoms with E-state index in [1.807, 2.05) is 13.8 Å². The van der Waals surface area contributed by atoms with E-state index in [0.717, 1.165) is 25.7 Å². The zero-order valence-electron chi connectivity index (χ0n) is 32.2. The number of hydrogen-bond donors (Lipinski definition) is 0. The highest BCUT2D eigenvalue weighted by atomic mass is 32.2. The number of rotatable bonds is 38. The summed E-state index contributed by atoms with van der Waals surface area (Å²) in [6.45, 7) is 9.20. The highest BCUT2D eigenvalue weighted by Gasteiger charge is 2.23. The van der Waals surface area contributed by atoms with E-state index in [2.05, 4.69) is 13.8 Å². The van der Waals surface area contributed by atoms with Gasteiger partial charge in [0.25, 0.3) is 0 Å². The SMILES string of the molecule is CCCCCCCCCCCCCCCCCCOC(=O)C(C)SC(C)C(=O)OCCCCCCCCCCCCCCCCCC. The first kappa shape index (κ1) is 46.3. The van der Waals surface area contributed by atoms with Gasteiger partial charge in [-0.15, -0.1) is 11.8 Å². The fraction of sp³-hybridized carbons (Fsp3) is 0.952. The number of carbonyl (C=O) groups excluding carboxylic acids is 2. The van der Waals surface area contributed by atoms with Crippen molar-refractivity contribution in [3.05, 3.63) is 0 Å². The second kappa shape index (κ2) is 38.1. The van der Waals surface area contributed by atoms with Gasteiger partial charge in [-0.3, -0.25) is 9.59 Å². The van der Waals surface area contributed by atoms with Gasteiger partial charge in [0.05, 0.1) is 13.2 Å². The lowest BCUT2D eigenvalue weighted by Crippen LogP contribution is -2.25. The number of thioether (sulfide) groups is 1. The number of esters is 2. The normalized spacial score (nSPS) is 12.7. The van der Waals surface area contributed by atoms with Crippen LogP contribution < -0.4 is 0 Å². The van der Waals surface area contributed by atoms with Crippen molar-refractivity contribution in [2.75, 3.05) is 13.2 Å². The summed E-state index contributed by atoms with van der Waals surface area (Å²) in [6, 6.07) is 0. The summed E-state index contributed by atoms with van der Waals surface area (Å²) in [6.07, 6.45) is 42.7. The molecule has 47 heavy (non-hydrogen) atoms. The Morgan fingerprint density at radius 2 is 0.553 bits per heavy atom. The molecule has 0 aliphatic carbocycles. The molecule has 4 nitrogen and oxygen atoms in total. The number of ether oxygens (including phenoxy) is 2. The van der Waals surface area contributed by atoms with Crippen LogP contribution in [0.5, 0.6) is 0 Å². The average molecular weight is 683 g/mol. The molecule has 0 aliphatic rings. The Bertz CT molecular complexity index is 601. The first-order valence-corrected chi connectivity index (χ1v) is 22.0. The van der Waals surface area contributed by atoms with Crippen LogP contribution in [0.2, 0.25) is 0 Å². The minimum Gasteiger partial charge on any atom is -0.465 e. The molecule has 0 N–H and O–H groups in total. The fourth-order valence-corrected chi connectivity index (χ4v) is 7.27. The van der Waals surface area contributed by atoms with Crippen molar-refractivity contribution in [3.8, 4) is 0 Å². The molecule has 0 saturated carbocycles. The molecule has 0 spiro atoms. The Hall–Kier alpha value is -0.710. The maximum absolute atomic E-state index is 12.4. The summed E-state index contributed by atoms with van der Waals surface area (Å²) in [4.78, 5) is 24.8. The van der Waals surface area contributed by atoms with Crippen LogP contribution >= 0.6 is 11.8 Å². The molecule has 0 radical (unpaired) electrons. The van der Waals surface area contributed by atoms with Crippen LogP contribution in [0.15, 0.2) is 0 Å². The van der Waals surface area contributed by atoms with E-state index in [4.69, 9.17) is 9.47 Å². The largest absolute Gasteiger partial charge is 0.465 e. The van der Waals surface area contributed by atoms with Crippen LogP contribution in [-0.4, -0.2) is 35.7 Å². The van der Waals surface area contributed by atoms with Crippen molar-refractivity contribution in [1.82, 2.24) is 0 Å². The van der Waals surface area contributed by atoms with Gasteiger partial charge in [0, 0.05) is 0 Å². The number of hydrogen-bond acceptors (Lipinski definition) is 5. The van der Waals surface area contributed by atoms with E-state index in [1.165, 1.54) is 192 Å². The van der Waals surface area contributed by atoms with Crippen molar-refractivity contribution in [1.29, 1.82) is 0 Å². The van der Waals surface area contributed by atoms with Gasteiger partial charge >= 0.3 is 11.9 Å². The van der Waals surface area contributed by atoms with Gasteiger partial charge in [-0.1, -0.05) is 206 Å². The minimum atomic E-state index is -0.353. The standard InChI is InChI=1S/C42H82O4S/c1-5-7-9-11-13-15-17-19-21-23-25-27-29-31-33-35-37-45-41(43)39(3)47-40(4)42(44)46-38-36-34-32-30-28-26-24-22-20-18-16-14-12-10-8-6-2/h39-40H,5-38H2,1-4H3. The minimum absolute atomic E-state index is 0.214. The molecule has 0 bridgehead atoms. The van der Waals surface area contributed by atoms with Crippen LogP contribution in [0.4, 0.5) is 0 Å². The van der Waals surface area contributed by atoms with E-state index in [0.29, 0.717) is 13.2 Å². The summed E-state index contributed by atoms with van der Waals surface area (Å²) in [5, 5.41) is -0.705. The summed E-state index contributed by atoms with van der Waals surface area (Å²) in [5.74, 6) is -0.429. The molecule has 0 heterocycles.